The molecule has 152 valence electrons. The van der Waals surface area contributed by atoms with Crippen LogP contribution in [0.25, 0.3) is 5.65 Å². The molecular formula is C20H23FN6O2. The Kier molecular flexibility index (Phi) is 4.73. The number of nitrogens with one attached hydrogen (secondary N) is 2. The summed E-state index contributed by atoms with van der Waals surface area (Å²) in [5.41, 5.74) is 1.10. The summed E-state index contributed by atoms with van der Waals surface area (Å²) < 4.78 is 26.5. The summed E-state index contributed by atoms with van der Waals surface area (Å²) >= 11 is 0. The van der Waals surface area contributed by atoms with Gasteiger partial charge in [-0.2, -0.15) is 5.10 Å². The zero-order valence-electron chi connectivity index (χ0n) is 16.7. The molecule has 1 aromatic carbocycles. The molecule has 3 heterocycles. The largest absolute Gasteiger partial charge is 0.496 e. The second kappa shape index (κ2) is 7.23. The Balaban J connectivity index is 1.57. The van der Waals surface area contributed by atoms with E-state index in [1.54, 1.807) is 36.2 Å². The molecule has 0 bridgehead atoms. The van der Waals surface area contributed by atoms with Crippen LogP contribution in [-0.4, -0.2) is 39.8 Å². The molecule has 4 rings (SSSR count). The van der Waals surface area contributed by atoms with Crippen LogP contribution < -0.4 is 20.1 Å². The molecule has 0 radical (unpaired) electrons. The van der Waals surface area contributed by atoms with E-state index in [9.17, 15) is 4.39 Å². The van der Waals surface area contributed by atoms with Gasteiger partial charge in [-0.15, -0.1) is 0 Å². The van der Waals surface area contributed by atoms with Crippen molar-refractivity contribution in [1.29, 1.82) is 0 Å². The number of fused-ring (bicyclic) bond motifs is 1. The van der Waals surface area contributed by atoms with Gasteiger partial charge in [-0.05, 0) is 45.0 Å². The van der Waals surface area contributed by atoms with E-state index >= 15 is 0 Å². The second-order valence-electron chi connectivity index (χ2n) is 7.57. The molecule has 1 aliphatic heterocycles. The number of methoxy groups -OCH3 is 1. The fourth-order valence-electron chi connectivity index (χ4n) is 3.14. The van der Waals surface area contributed by atoms with Crippen LogP contribution in [-0.2, 0) is 0 Å². The van der Waals surface area contributed by atoms with Crippen molar-refractivity contribution in [2.24, 2.45) is 4.99 Å². The van der Waals surface area contributed by atoms with Crippen LogP contribution in [0, 0.1) is 5.82 Å². The SMILES string of the molecule is COc1ccc(F)cc1[C@@H](C)Nc1ccn2ncc(OC3=NCC(C)(C)N3)c2n1. The maximum Gasteiger partial charge on any atom is 0.290 e. The Labute approximate surface area is 167 Å². The standard InChI is InChI=1S/C20H23FN6O2/c1-12(14-9-13(21)5-6-15(14)28-4)24-17-7-8-27-18(25-17)16(10-23-27)29-19-22-11-20(2,3)26-19/h5-10,12H,11H2,1-4H3,(H,22,26)(H,24,25)/t12-/m1/s1. The predicted octanol–water partition coefficient (Wildman–Crippen LogP) is 3.17. The maximum atomic E-state index is 13.7. The minimum absolute atomic E-state index is 0.141. The molecular weight excluding hydrogens is 375 g/mol. The third-order valence-corrected chi connectivity index (χ3v) is 4.63. The highest BCUT2D eigenvalue weighted by Crippen LogP contribution is 2.29. The van der Waals surface area contributed by atoms with Gasteiger partial charge in [0.25, 0.3) is 6.02 Å². The van der Waals surface area contributed by atoms with E-state index in [1.807, 2.05) is 20.8 Å². The quantitative estimate of drug-likeness (QED) is 0.687. The van der Waals surface area contributed by atoms with Gasteiger partial charge in [-0.3, -0.25) is 0 Å². The molecule has 0 saturated carbocycles. The Morgan fingerprint density at radius 1 is 1.28 bits per heavy atom. The maximum absolute atomic E-state index is 13.7. The molecule has 0 amide bonds. The fourth-order valence-corrected chi connectivity index (χ4v) is 3.14. The van der Waals surface area contributed by atoms with Crippen molar-refractivity contribution in [3.05, 3.63) is 48.0 Å². The van der Waals surface area contributed by atoms with Crippen molar-refractivity contribution in [2.75, 3.05) is 19.0 Å². The van der Waals surface area contributed by atoms with Gasteiger partial charge in [0, 0.05) is 11.8 Å². The minimum atomic E-state index is -0.322. The van der Waals surface area contributed by atoms with E-state index in [0.717, 1.165) is 0 Å². The number of hydrogen-bond donors (Lipinski definition) is 2. The molecule has 0 spiro atoms. The summed E-state index contributed by atoms with van der Waals surface area (Å²) in [6.07, 6.45) is 3.38. The van der Waals surface area contributed by atoms with Gasteiger partial charge in [0.15, 0.2) is 5.75 Å². The van der Waals surface area contributed by atoms with Crippen LogP contribution in [0.2, 0.25) is 0 Å². The molecule has 0 fully saturated rings. The Bertz CT molecular complexity index is 1080. The fraction of sp³-hybridized carbons (Fsp3) is 0.350. The van der Waals surface area contributed by atoms with Crippen molar-refractivity contribution in [2.45, 2.75) is 32.4 Å². The van der Waals surface area contributed by atoms with Crippen LogP contribution in [0.5, 0.6) is 11.5 Å². The van der Waals surface area contributed by atoms with Gasteiger partial charge in [0.05, 0.1) is 31.4 Å². The van der Waals surface area contributed by atoms with Gasteiger partial charge in [0.2, 0.25) is 5.65 Å². The number of hydrogen-bond acceptors (Lipinski definition) is 7. The number of aliphatic imine (C=N–C) groups is 1. The van der Waals surface area contributed by atoms with Crippen molar-refractivity contribution < 1.29 is 13.9 Å². The molecule has 0 saturated heterocycles. The molecule has 0 unspecified atom stereocenters. The van der Waals surface area contributed by atoms with E-state index < -0.39 is 0 Å². The highest BCUT2D eigenvalue weighted by Gasteiger charge is 2.27. The van der Waals surface area contributed by atoms with Crippen LogP contribution in [0.1, 0.15) is 32.4 Å². The topological polar surface area (TPSA) is 85.1 Å². The lowest BCUT2D eigenvalue weighted by atomic mass is 10.1. The van der Waals surface area contributed by atoms with E-state index in [-0.39, 0.29) is 17.4 Å². The summed E-state index contributed by atoms with van der Waals surface area (Å²) in [6.45, 7) is 6.64. The van der Waals surface area contributed by atoms with E-state index in [1.165, 1.54) is 12.1 Å². The number of rotatable bonds is 5. The van der Waals surface area contributed by atoms with Gasteiger partial charge in [-0.1, -0.05) is 0 Å². The zero-order valence-corrected chi connectivity index (χ0v) is 16.7. The summed E-state index contributed by atoms with van der Waals surface area (Å²) in [6, 6.07) is 6.44. The van der Waals surface area contributed by atoms with Gasteiger partial charge in [0.1, 0.15) is 17.4 Å². The predicted molar refractivity (Wildman–Crippen MR) is 108 cm³/mol. The number of aromatic nitrogens is 3. The number of benzene rings is 1. The van der Waals surface area contributed by atoms with Crippen molar-refractivity contribution in [3.63, 3.8) is 0 Å². The van der Waals surface area contributed by atoms with Crippen LogP contribution in [0.3, 0.4) is 0 Å². The minimum Gasteiger partial charge on any atom is -0.496 e. The lowest BCUT2D eigenvalue weighted by Gasteiger charge is -2.18. The molecule has 2 aromatic heterocycles. The Morgan fingerprint density at radius 3 is 2.83 bits per heavy atom. The number of nitrogens with zero attached hydrogens (tertiary/aromatic N) is 4. The summed E-state index contributed by atoms with van der Waals surface area (Å²) in [5, 5.41) is 10.8. The van der Waals surface area contributed by atoms with Crippen molar-refractivity contribution in [3.8, 4) is 11.5 Å². The molecule has 8 nitrogen and oxygen atoms in total. The lowest BCUT2D eigenvalue weighted by molar-refractivity contribution is 0.406. The molecule has 2 N–H and O–H groups in total. The smallest absolute Gasteiger partial charge is 0.290 e. The average Bonchev–Trinajstić information content (AvgIpc) is 3.24. The highest BCUT2D eigenvalue weighted by atomic mass is 19.1. The van der Waals surface area contributed by atoms with Crippen molar-refractivity contribution in [1.82, 2.24) is 19.9 Å². The summed E-state index contributed by atoms with van der Waals surface area (Å²) in [5.74, 6) is 1.38. The van der Waals surface area contributed by atoms with Crippen LogP contribution in [0.15, 0.2) is 41.7 Å². The Morgan fingerprint density at radius 2 is 2.10 bits per heavy atom. The van der Waals surface area contributed by atoms with E-state index in [0.29, 0.717) is 41.1 Å². The van der Waals surface area contributed by atoms with Crippen LogP contribution >= 0.6 is 0 Å². The van der Waals surface area contributed by atoms with Gasteiger partial charge in [-0.25, -0.2) is 18.9 Å². The van der Waals surface area contributed by atoms with E-state index in [2.05, 4.69) is 25.7 Å². The molecule has 3 aromatic rings. The number of anilines is 1. The molecule has 1 aliphatic rings. The number of amidine groups is 1. The molecule has 29 heavy (non-hydrogen) atoms. The Hall–Kier alpha value is -3.36. The third kappa shape index (κ3) is 3.94. The highest BCUT2D eigenvalue weighted by molar-refractivity contribution is 5.80. The summed E-state index contributed by atoms with van der Waals surface area (Å²) in [4.78, 5) is 8.97. The normalized spacial score (nSPS) is 16.2. The average molecular weight is 398 g/mol. The summed E-state index contributed by atoms with van der Waals surface area (Å²) in [7, 11) is 1.56. The lowest BCUT2D eigenvalue weighted by Crippen LogP contribution is -2.41. The number of ether oxygens (including phenoxy) is 2. The second-order valence-corrected chi connectivity index (χ2v) is 7.57. The third-order valence-electron chi connectivity index (χ3n) is 4.63. The molecule has 1 atom stereocenters. The first-order valence-electron chi connectivity index (χ1n) is 9.29. The number of halogens is 1. The zero-order chi connectivity index (χ0) is 20.6. The molecule has 9 heteroatoms. The van der Waals surface area contributed by atoms with E-state index in [4.69, 9.17) is 9.47 Å². The van der Waals surface area contributed by atoms with Crippen LogP contribution in [0.4, 0.5) is 10.2 Å². The first-order valence-corrected chi connectivity index (χ1v) is 9.29. The van der Waals surface area contributed by atoms with Gasteiger partial charge >= 0.3 is 0 Å². The first-order chi connectivity index (χ1) is 13.8. The first kappa shape index (κ1) is 19.0. The van der Waals surface area contributed by atoms with Crippen molar-refractivity contribution >= 4 is 17.5 Å². The van der Waals surface area contributed by atoms with Gasteiger partial charge < -0.3 is 20.1 Å². The monoisotopic (exact) mass is 398 g/mol. The molecule has 0 aliphatic carbocycles.